The molecule has 1 saturated heterocycles. The van der Waals surface area contributed by atoms with E-state index in [2.05, 4.69) is 39.2 Å². The Labute approximate surface area is 177 Å². The van der Waals surface area contributed by atoms with Crippen LogP contribution >= 0.6 is 0 Å². The average molecular weight is 422 g/mol. The van der Waals surface area contributed by atoms with E-state index in [0.29, 0.717) is 18.8 Å². The smallest absolute Gasteiger partial charge is 0.410 e. The second-order valence-electron chi connectivity index (χ2n) is 10.5. The third-order valence-electron chi connectivity index (χ3n) is 5.71. The van der Waals surface area contributed by atoms with Crippen LogP contribution in [0.1, 0.15) is 54.4 Å². The monoisotopic (exact) mass is 421 g/mol. The van der Waals surface area contributed by atoms with Crippen molar-refractivity contribution in [2.24, 2.45) is 0 Å². The zero-order valence-electron chi connectivity index (χ0n) is 19.4. The highest BCUT2D eigenvalue weighted by Gasteiger charge is 2.39. The summed E-state index contributed by atoms with van der Waals surface area (Å²) >= 11 is 0. The molecule has 0 saturated carbocycles. The van der Waals surface area contributed by atoms with E-state index in [-0.39, 0.29) is 17.2 Å². The molecular weight excluding hydrogens is 382 g/mol. The summed E-state index contributed by atoms with van der Waals surface area (Å²) in [5.41, 5.74) is 7.35. The summed E-state index contributed by atoms with van der Waals surface area (Å²) < 4.78 is 11.9. The Bertz CT molecular complexity index is 715. The number of likely N-dealkylation sites (tertiary alicyclic amines) is 1. The predicted molar refractivity (Wildman–Crippen MR) is 123 cm³/mol. The minimum atomic E-state index is -1.91. The Kier molecular flexibility index (Phi) is 6.82. The summed E-state index contributed by atoms with van der Waals surface area (Å²) in [4.78, 5) is 14.0. The van der Waals surface area contributed by atoms with Crippen LogP contribution in [0.25, 0.3) is 0 Å². The second kappa shape index (κ2) is 8.46. The number of ether oxygens (including phenoxy) is 1. The molecule has 0 unspecified atom stereocenters. The lowest BCUT2D eigenvalue weighted by atomic mass is 10.0. The number of nitrogens with two attached hydrogens (primary N) is 1. The van der Waals surface area contributed by atoms with Crippen LogP contribution in [-0.2, 0) is 4.74 Å². The van der Waals surface area contributed by atoms with Crippen LogP contribution < -0.4 is 15.5 Å². The van der Waals surface area contributed by atoms with Crippen LogP contribution in [0, 0.1) is 0 Å². The maximum Gasteiger partial charge on any atom is 0.410 e. The number of piperidine rings is 1. The largest absolute Gasteiger partial charge is 0.543 e. The summed E-state index contributed by atoms with van der Waals surface area (Å²) in [5.74, 6) is 0.861. The number of amides is 1. The summed E-state index contributed by atoms with van der Waals surface area (Å²) in [6, 6.07) is 6.13. The van der Waals surface area contributed by atoms with Gasteiger partial charge in [0, 0.05) is 25.2 Å². The quantitative estimate of drug-likeness (QED) is 0.498. The molecule has 0 bridgehead atoms. The van der Waals surface area contributed by atoms with Crippen LogP contribution in [0.5, 0.6) is 5.75 Å². The molecule has 7 heteroatoms. The summed E-state index contributed by atoms with van der Waals surface area (Å²) in [5, 5.41) is 3.69. The average Bonchev–Trinajstić information content (AvgIpc) is 2.55. The van der Waals surface area contributed by atoms with Crippen molar-refractivity contribution in [3.8, 4) is 5.75 Å². The van der Waals surface area contributed by atoms with Gasteiger partial charge in [-0.1, -0.05) is 20.8 Å². The standard InChI is InChI=1S/C22H39N3O3Si/c1-21(2,3)27-20(26)25-13-11-16(12-14-25)24-19-15-17(9-10-18(19)23)28-29(7,8)22(4,5)6/h9-10,15-16,24H,11-14,23H2,1-8H3. The summed E-state index contributed by atoms with van der Waals surface area (Å²) in [7, 11) is -1.91. The number of hydrogen-bond donors (Lipinski definition) is 2. The lowest BCUT2D eigenvalue weighted by molar-refractivity contribution is 0.0210. The van der Waals surface area contributed by atoms with Crippen LogP contribution in [0.4, 0.5) is 16.2 Å². The van der Waals surface area contributed by atoms with Gasteiger partial charge in [-0.15, -0.1) is 0 Å². The highest BCUT2D eigenvalue weighted by Crippen LogP contribution is 2.38. The fourth-order valence-electron chi connectivity index (χ4n) is 2.92. The van der Waals surface area contributed by atoms with Gasteiger partial charge in [0.2, 0.25) is 8.32 Å². The van der Waals surface area contributed by atoms with E-state index in [1.54, 1.807) is 4.90 Å². The number of carbonyl (C=O) groups excluding carboxylic acids is 1. The number of carbonyl (C=O) groups is 1. The van der Waals surface area contributed by atoms with Gasteiger partial charge in [-0.3, -0.25) is 0 Å². The lowest BCUT2D eigenvalue weighted by Crippen LogP contribution is -2.44. The molecule has 3 N–H and O–H groups in total. The molecule has 1 heterocycles. The summed E-state index contributed by atoms with van der Waals surface area (Å²) in [6.07, 6.45) is 1.47. The van der Waals surface area contributed by atoms with E-state index < -0.39 is 13.9 Å². The Morgan fingerprint density at radius 2 is 1.72 bits per heavy atom. The maximum absolute atomic E-state index is 12.2. The number of nitrogen functional groups attached to an aromatic ring is 1. The van der Waals surface area contributed by atoms with Gasteiger partial charge in [0.25, 0.3) is 0 Å². The van der Waals surface area contributed by atoms with Crippen LogP contribution in [0.2, 0.25) is 18.1 Å². The number of nitrogens with zero attached hydrogens (tertiary/aromatic N) is 1. The van der Waals surface area contributed by atoms with Crippen LogP contribution in [0.15, 0.2) is 18.2 Å². The number of benzene rings is 1. The number of anilines is 2. The molecule has 164 valence electrons. The molecule has 1 aliphatic rings. The molecule has 0 aromatic heterocycles. The van der Waals surface area contributed by atoms with Crippen molar-refractivity contribution in [3.63, 3.8) is 0 Å². The molecule has 1 aromatic rings. The number of rotatable bonds is 4. The maximum atomic E-state index is 12.2. The molecule has 0 radical (unpaired) electrons. The first-order chi connectivity index (χ1) is 13.2. The van der Waals surface area contributed by atoms with Crippen LogP contribution in [0.3, 0.4) is 0 Å². The lowest BCUT2D eigenvalue weighted by Gasteiger charge is -2.37. The first kappa shape index (κ1) is 23.4. The molecule has 0 aliphatic carbocycles. The van der Waals surface area contributed by atoms with Gasteiger partial charge < -0.3 is 25.1 Å². The first-order valence-corrected chi connectivity index (χ1v) is 13.4. The molecule has 1 aliphatic heterocycles. The van der Waals surface area contributed by atoms with E-state index in [1.165, 1.54) is 0 Å². The van der Waals surface area contributed by atoms with Gasteiger partial charge in [-0.2, -0.15) is 0 Å². The Morgan fingerprint density at radius 3 is 2.24 bits per heavy atom. The highest BCUT2D eigenvalue weighted by molar-refractivity contribution is 6.74. The van der Waals surface area contributed by atoms with E-state index in [9.17, 15) is 4.79 Å². The zero-order valence-corrected chi connectivity index (χ0v) is 20.4. The molecule has 2 rings (SSSR count). The van der Waals surface area contributed by atoms with Gasteiger partial charge in [0.15, 0.2) is 0 Å². The van der Waals surface area contributed by atoms with Gasteiger partial charge in [-0.05, 0) is 63.9 Å². The minimum absolute atomic E-state index is 0.135. The Morgan fingerprint density at radius 1 is 1.14 bits per heavy atom. The molecule has 1 fully saturated rings. The second-order valence-corrected chi connectivity index (χ2v) is 15.2. The van der Waals surface area contributed by atoms with Gasteiger partial charge in [0.1, 0.15) is 11.4 Å². The van der Waals surface area contributed by atoms with Gasteiger partial charge >= 0.3 is 6.09 Å². The van der Waals surface area contributed by atoms with Crippen LogP contribution in [-0.4, -0.2) is 44.0 Å². The van der Waals surface area contributed by atoms with E-state index in [0.717, 1.165) is 24.3 Å². The molecule has 1 amide bonds. The Hall–Kier alpha value is -1.89. The molecular formula is C22H39N3O3Si. The SMILES string of the molecule is CC(C)(C)OC(=O)N1CCC(Nc2cc(O[Si](C)(C)C(C)(C)C)ccc2N)CC1. The minimum Gasteiger partial charge on any atom is -0.543 e. The fourth-order valence-corrected chi connectivity index (χ4v) is 3.95. The number of hydrogen-bond acceptors (Lipinski definition) is 5. The molecule has 6 nitrogen and oxygen atoms in total. The van der Waals surface area contributed by atoms with Crippen molar-refractivity contribution >= 4 is 25.8 Å². The third kappa shape index (κ3) is 6.56. The topological polar surface area (TPSA) is 76.8 Å². The molecule has 29 heavy (non-hydrogen) atoms. The van der Waals surface area contributed by atoms with Gasteiger partial charge in [0.05, 0.1) is 11.4 Å². The highest BCUT2D eigenvalue weighted by atomic mass is 28.4. The van der Waals surface area contributed by atoms with E-state index in [4.69, 9.17) is 14.9 Å². The number of nitrogens with one attached hydrogen (secondary N) is 1. The van der Waals surface area contributed by atoms with Crippen molar-refractivity contribution in [1.82, 2.24) is 4.90 Å². The van der Waals surface area contributed by atoms with Crippen molar-refractivity contribution in [2.75, 3.05) is 24.1 Å². The third-order valence-corrected chi connectivity index (χ3v) is 10.1. The fraction of sp³-hybridized carbons (Fsp3) is 0.682. The van der Waals surface area contributed by atoms with Crippen molar-refractivity contribution in [3.05, 3.63) is 18.2 Å². The molecule has 0 atom stereocenters. The molecule has 1 aromatic carbocycles. The predicted octanol–water partition coefficient (Wildman–Crippen LogP) is 5.46. The first-order valence-electron chi connectivity index (χ1n) is 10.5. The van der Waals surface area contributed by atoms with Crippen molar-refractivity contribution < 1.29 is 14.0 Å². The summed E-state index contributed by atoms with van der Waals surface area (Å²) in [6.45, 7) is 18.2. The Balaban J connectivity index is 1.98. The van der Waals surface area contributed by atoms with Crippen molar-refractivity contribution in [2.45, 2.75) is 84.2 Å². The normalized spacial score (nSPS) is 16.5. The zero-order chi connectivity index (χ0) is 22.0. The molecule has 0 spiro atoms. The van der Waals surface area contributed by atoms with E-state index >= 15 is 0 Å². The van der Waals surface area contributed by atoms with E-state index in [1.807, 2.05) is 39.0 Å². The van der Waals surface area contributed by atoms with Crippen molar-refractivity contribution in [1.29, 1.82) is 0 Å². The van der Waals surface area contributed by atoms with Gasteiger partial charge in [-0.25, -0.2) is 4.79 Å².